The maximum absolute atomic E-state index is 12.8. The molecule has 1 aromatic heterocycles. The first-order valence-electron chi connectivity index (χ1n) is 10.7. The lowest BCUT2D eigenvalue weighted by atomic mass is 9.84. The number of nitrogens with zero attached hydrogens (tertiary/aromatic N) is 1. The summed E-state index contributed by atoms with van der Waals surface area (Å²) in [5, 5.41) is 9.30. The number of hydrogen-bond donors (Lipinski definition) is 4. The van der Waals surface area contributed by atoms with Crippen LogP contribution in [-0.4, -0.2) is 28.9 Å². The van der Waals surface area contributed by atoms with Gasteiger partial charge in [0.15, 0.2) is 5.13 Å². The molecule has 4 rings (SSSR count). The lowest BCUT2D eigenvalue weighted by Crippen LogP contribution is -2.48. The number of carbonyl (C=O) groups is 3. The SMILES string of the molecule is Cc1cccc(Cl)c1NC(=O)c1ccc2nc(NC(=O)N[C@H]3CCCC[C@H]3C(N)=O)sc2c1. The maximum Gasteiger partial charge on any atom is 0.321 e. The third kappa shape index (κ3) is 5.26. The average molecular weight is 486 g/mol. The molecule has 172 valence electrons. The number of aromatic nitrogens is 1. The number of carbonyl (C=O) groups excluding carboxylic acids is 3. The Morgan fingerprint density at radius 3 is 2.67 bits per heavy atom. The van der Waals surface area contributed by atoms with Crippen LogP contribution in [0.25, 0.3) is 10.2 Å². The van der Waals surface area contributed by atoms with Gasteiger partial charge in [-0.05, 0) is 49.6 Å². The molecule has 0 radical (unpaired) electrons. The summed E-state index contributed by atoms with van der Waals surface area (Å²) in [7, 11) is 0. The van der Waals surface area contributed by atoms with E-state index in [1.54, 1.807) is 24.3 Å². The highest BCUT2D eigenvalue weighted by atomic mass is 35.5. The van der Waals surface area contributed by atoms with Crippen LogP contribution in [0, 0.1) is 12.8 Å². The number of primary amides is 1. The molecule has 0 saturated heterocycles. The molecule has 8 nitrogen and oxygen atoms in total. The molecule has 1 saturated carbocycles. The number of rotatable bonds is 5. The lowest BCUT2D eigenvalue weighted by Gasteiger charge is -2.29. The van der Waals surface area contributed by atoms with Crippen molar-refractivity contribution in [1.82, 2.24) is 10.3 Å². The highest BCUT2D eigenvalue weighted by Gasteiger charge is 2.30. The molecular weight excluding hydrogens is 462 g/mol. The first kappa shape index (κ1) is 23.0. The third-order valence-electron chi connectivity index (χ3n) is 5.78. The van der Waals surface area contributed by atoms with E-state index in [1.165, 1.54) is 11.3 Å². The van der Waals surface area contributed by atoms with E-state index < -0.39 is 11.9 Å². The van der Waals surface area contributed by atoms with Gasteiger partial charge < -0.3 is 16.4 Å². The molecule has 0 bridgehead atoms. The first-order chi connectivity index (χ1) is 15.8. The van der Waals surface area contributed by atoms with Crippen LogP contribution >= 0.6 is 22.9 Å². The van der Waals surface area contributed by atoms with Gasteiger partial charge in [-0.15, -0.1) is 0 Å². The van der Waals surface area contributed by atoms with Crippen molar-refractivity contribution >= 4 is 61.8 Å². The van der Waals surface area contributed by atoms with E-state index in [-0.39, 0.29) is 17.9 Å². The van der Waals surface area contributed by atoms with Crippen molar-refractivity contribution in [3.8, 4) is 0 Å². The zero-order valence-electron chi connectivity index (χ0n) is 18.0. The zero-order valence-corrected chi connectivity index (χ0v) is 19.6. The van der Waals surface area contributed by atoms with Crippen LogP contribution in [0.3, 0.4) is 0 Å². The fourth-order valence-electron chi connectivity index (χ4n) is 4.04. The Labute approximate surface area is 199 Å². The Hall–Kier alpha value is -3.17. The molecule has 4 amide bonds. The molecule has 0 spiro atoms. The second-order valence-electron chi connectivity index (χ2n) is 8.09. The van der Waals surface area contributed by atoms with Gasteiger partial charge in [0.05, 0.1) is 26.8 Å². The minimum absolute atomic E-state index is 0.283. The van der Waals surface area contributed by atoms with E-state index in [9.17, 15) is 14.4 Å². The number of nitrogens with two attached hydrogens (primary N) is 1. The summed E-state index contributed by atoms with van der Waals surface area (Å²) in [6.07, 6.45) is 3.26. The molecule has 1 aliphatic carbocycles. The molecule has 2 aromatic carbocycles. The summed E-state index contributed by atoms with van der Waals surface area (Å²) in [6.45, 7) is 1.87. The van der Waals surface area contributed by atoms with Crippen LogP contribution < -0.4 is 21.7 Å². The van der Waals surface area contributed by atoms with Crippen molar-refractivity contribution in [2.45, 2.75) is 38.6 Å². The molecule has 5 N–H and O–H groups in total. The Bertz CT molecular complexity index is 1210. The number of nitrogens with one attached hydrogen (secondary N) is 3. The number of fused-ring (bicyclic) bond motifs is 1. The number of urea groups is 1. The van der Waals surface area contributed by atoms with Crippen molar-refractivity contribution in [3.63, 3.8) is 0 Å². The van der Waals surface area contributed by atoms with Crippen LogP contribution in [-0.2, 0) is 4.79 Å². The molecule has 1 fully saturated rings. The zero-order chi connectivity index (χ0) is 23.5. The van der Waals surface area contributed by atoms with Gasteiger partial charge in [-0.1, -0.05) is 47.9 Å². The van der Waals surface area contributed by atoms with E-state index in [0.29, 0.717) is 39.8 Å². The van der Waals surface area contributed by atoms with Gasteiger partial charge in [0.2, 0.25) is 5.91 Å². The van der Waals surface area contributed by atoms with Crippen molar-refractivity contribution in [3.05, 3.63) is 52.5 Å². The van der Waals surface area contributed by atoms with Crippen molar-refractivity contribution in [2.75, 3.05) is 10.6 Å². The van der Waals surface area contributed by atoms with Gasteiger partial charge in [0.1, 0.15) is 0 Å². The highest BCUT2D eigenvalue weighted by Crippen LogP contribution is 2.29. The molecule has 0 unspecified atom stereocenters. The molecule has 1 aliphatic rings. The minimum atomic E-state index is -0.431. The van der Waals surface area contributed by atoms with E-state index in [4.69, 9.17) is 17.3 Å². The highest BCUT2D eigenvalue weighted by molar-refractivity contribution is 7.22. The Morgan fingerprint density at radius 1 is 1.12 bits per heavy atom. The molecule has 2 atom stereocenters. The van der Waals surface area contributed by atoms with Crippen LogP contribution in [0.2, 0.25) is 5.02 Å². The predicted molar refractivity (Wildman–Crippen MR) is 131 cm³/mol. The Balaban J connectivity index is 1.45. The van der Waals surface area contributed by atoms with Crippen LogP contribution in [0.1, 0.15) is 41.6 Å². The summed E-state index contributed by atoms with van der Waals surface area (Å²) in [4.78, 5) is 41.3. The van der Waals surface area contributed by atoms with E-state index in [2.05, 4.69) is 20.9 Å². The number of hydrogen-bond acceptors (Lipinski definition) is 5. The van der Waals surface area contributed by atoms with Gasteiger partial charge >= 0.3 is 6.03 Å². The van der Waals surface area contributed by atoms with Gasteiger partial charge in [-0.3, -0.25) is 14.9 Å². The number of anilines is 2. The molecular formula is C23H24ClN5O3S. The maximum atomic E-state index is 12.8. The largest absolute Gasteiger partial charge is 0.369 e. The second kappa shape index (κ2) is 9.76. The van der Waals surface area contributed by atoms with Crippen LogP contribution in [0.15, 0.2) is 36.4 Å². The number of benzene rings is 2. The number of aryl methyl sites for hydroxylation is 1. The normalized spacial score (nSPS) is 18.0. The van der Waals surface area contributed by atoms with Crippen LogP contribution in [0.4, 0.5) is 15.6 Å². The van der Waals surface area contributed by atoms with E-state index >= 15 is 0 Å². The van der Waals surface area contributed by atoms with Gasteiger partial charge in [0, 0.05) is 11.6 Å². The topological polar surface area (TPSA) is 126 Å². The molecule has 3 aromatic rings. The number of amides is 4. The van der Waals surface area contributed by atoms with Crippen molar-refractivity contribution < 1.29 is 14.4 Å². The third-order valence-corrected chi connectivity index (χ3v) is 7.03. The summed E-state index contributed by atoms with van der Waals surface area (Å²) in [6, 6.07) is 9.83. The summed E-state index contributed by atoms with van der Waals surface area (Å²) in [5.74, 6) is -1.04. The quantitative estimate of drug-likeness (QED) is 0.418. The van der Waals surface area contributed by atoms with Gasteiger partial charge in [-0.2, -0.15) is 0 Å². The number of thiazole rings is 1. The van der Waals surface area contributed by atoms with Crippen molar-refractivity contribution in [2.24, 2.45) is 11.7 Å². The summed E-state index contributed by atoms with van der Waals surface area (Å²) in [5.41, 5.74) is 8.03. The Kier molecular flexibility index (Phi) is 6.80. The van der Waals surface area contributed by atoms with E-state index in [1.807, 2.05) is 19.1 Å². The van der Waals surface area contributed by atoms with E-state index in [0.717, 1.165) is 23.1 Å². The smallest absolute Gasteiger partial charge is 0.321 e. The lowest BCUT2D eigenvalue weighted by molar-refractivity contribution is -0.123. The number of halogens is 1. The minimum Gasteiger partial charge on any atom is -0.369 e. The fraction of sp³-hybridized carbons (Fsp3) is 0.304. The molecule has 0 aliphatic heterocycles. The van der Waals surface area contributed by atoms with Gasteiger partial charge in [-0.25, -0.2) is 9.78 Å². The summed E-state index contributed by atoms with van der Waals surface area (Å²) >= 11 is 7.47. The molecule has 10 heteroatoms. The monoisotopic (exact) mass is 485 g/mol. The van der Waals surface area contributed by atoms with Gasteiger partial charge in [0.25, 0.3) is 5.91 Å². The average Bonchev–Trinajstić information content (AvgIpc) is 3.17. The summed E-state index contributed by atoms with van der Waals surface area (Å²) < 4.78 is 0.751. The Morgan fingerprint density at radius 2 is 1.91 bits per heavy atom. The first-order valence-corrected chi connectivity index (χ1v) is 11.8. The standard InChI is InChI=1S/C23H24ClN5O3S/c1-12-5-4-7-15(24)19(12)28-21(31)13-9-10-17-18(11-13)33-23(27-17)29-22(32)26-16-8-3-2-6-14(16)20(25)30/h4-5,7,9-11,14,16H,2-3,6,8H2,1H3,(H2,25,30)(H,28,31)(H2,26,27,29,32)/t14-,16+/m1/s1. The predicted octanol–water partition coefficient (Wildman–Crippen LogP) is 4.68. The second-order valence-corrected chi connectivity index (χ2v) is 9.52. The molecule has 33 heavy (non-hydrogen) atoms. The van der Waals surface area contributed by atoms with Crippen molar-refractivity contribution in [1.29, 1.82) is 0 Å². The number of para-hydroxylation sites is 1. The molecule has 1 heterocycles. The van der Waals surface area contributed by atoms with Crippen LogP contribution in [0.5, 0.6) is 0 Å². The fourth-order valence-corrected chi connectivity index (χ4v) is 5.21.